The minimum absolute atomic E-state index is 0.578. The maximum Gasteiger partial charge on any atom is 0.204 e. The van der Waals surface area contributed by atoms with Crippen LogP contribution >= 0.6 is 15.9 Å². The van der Waals surface area contributed by atoms with Gasteiger partial charge < -0.3 is 9.47 Å². The summed E-state index contributed by atoms with van der Waals surface area (Å²) in [5.74, 6) is 0.704. The van der Waals surface area contributed by atoms with Gasteiger partial charge in [0, 0.05) is 5.56 Å². The Hall–Kier alpha value is -1.22. The largest absolute Gasteiger partial charge is 0.464 e. The maximum absolute atomic E-state index is 5.39. The highest BCUT2D eigenvalue weighted by molar-refractivity contribution is 9.11. The van der Waals surface area contributed by atoms with Gasteiger partial charge in [0.05, 0.1) is 0 Å². The Bertz CT molecular complexity index is 354. The van der Waals surface area contributed by atoms with Gasteiger partial charge in [0.25, 0.3) is 0 Å². The van der Waals surface area contributed by atoms with Gasteiger partial charge in [-0.15, -0.1) is 0 Å². The van der Waals surface area contributed by atoms with Crippen LogP contribution in [0.3, 0.4) is 0 Å². The van der Waals surface area contributed by atoms with Crippen LogP contribution in [0.15, 0.2) is 47.5 Å². The van der Waals surface area contributed by atoms with E-state index in [4.69, 9.17) is 9.47 Å². The summed E-state index contributed by atoms with van der Waals surface area (Å²) in [4.78, 5) is 0. The van der Waals surface area contributed by atoms with E-state index in [0.29, 0.717) is 10.4 Å². The molecule has 13 heavy (non-hydrogen) atoms. The summed E-state index contributed by atoms with van der Waals surface area (Å²) < 4.78 is 11.0. The molecule has 0 saturated heterocycles. The molecule has 2 nitrogen and oxygen atoms in total. The smallest absolute Gasteiger partial charge is 0.204 e. The number of benzene rings is 1. The molecule has 0 spiro atoms. The topological polar surface area (TPSA) is 18.5 Å². The fraction of sp³-hybridized carbons (Fsp3) is 0. The van der Waals surface area contributed by atoms with E-state index >= 15 is 0 Å². The van der Waals surface area contributed by atoms with Crippen molar-refractivity contribution in [2.24, 2.45) is 0 Å². The summed E-state index contributed by atoms with van der Waals surface area (Å²) in [7, 11) is 0. The molecule has 2 rings (SSSR count). The van der Waals surface area contributed by atoms with Crippen molar-refractivity contribution in [1.29, 1.82) is 0 Å². The normalized spacial score (nSPS) is 15.2. The molecular formula is C10H7BrO2. The highest BCUT2D eigenvalue weighted by Crippen LogP contribution is 2.25. The lowest BCUT2D eigenvalue weighted by Gasteiger charge is -2.12. The van der Waals surface area contributed by atoms with Gasteiger partial charge >= 0.3 is 0 Å². The van der Waals surface area contributed by atoms with E-state index < -0.39 is 0 Å². The first kappa shape index (κ1) is 8.38. The highest BCUT2D eigenvalue weighted by Gasteiger charge is 2.08. The first-order chi connectivity index (χ1) is 6.36. The van der Waals surface area contributed by atoms with Crippen LogP contribution in [0.25, 0.3) is 5.76 Å². The molecule has 1 heterocycles. The standard InChI is InChI=1S/C10H7BrO2/c11-10-7-12-6-9(13-10)8-4-2-1-3-5-8/h1-7H. The zero-order valence-corrected chi connectivity index (χ0v) is 8.32. The number of hydrogen-bond acceptors (Lipinski definition) is 2. The Labute approximate surface area is 84.6 Å². The highest BCUT2D eigenvalue weighted by atomic mass is 79.9. The van der Waals surface area contributed by atoms with Crippen LogP contribution in [0.2, 0.25) is 0 Å². The molecule has 1 aliphatic heterocycles. The molecule has 1 aromatic rings. The predicted octanol–water partition coefficient (Wildman–Crippen LogP) is 3.23. The Balaban J connectivity index is 2.24. The summed E-state index contributed by atoms with van der Waals surface area (Å²) in [6.07, 6.45) is 3.06. The molecule has 0 bridgehead atoms. The number of rotatable bonds is 1. The molecule has 1 aliphatic rings. The molecular weight excluding hydrogens is 232 g/mol. The monoisotopic (exact) mass is 238 g/mol. The van der Waals surface area contributed by atoms with Gasteiger partial charge in [0.15, 0.2) is 5.76 Å². The molecule has 0 atom stereocenters. The summed E-state index contributed by atoms with van der Waals surface area (Å²) in [6.45, 7) is 0. The third-order valence-corrected chi connectivity index (χ3v) is 1.95. The van der Waals surface area contributed by atoms with Crippen molar-refractivity contribution in [3.63, 3.8) is 0 Å². The maximum atomic E-state index is 5.39. The second-order valence-corrected chi connectivity index (χ2v) is 3.29. The summed E-state index contributed by atoms with van der Waals surface area (Å²) in [6, 6.07) is 9.78. The number of ether oxygens (including phenoxy) is 2. The fourth-order valence-corrected chi connectivity index (χ4v) is 1.31. The van der Waals surface area contributed by atoms with Crippen molar-refractivity contribution in [3.8, 4) is 0 Å². The average molecular weight is 239 g/mol. The van der Waals surface area contributed by atoms with Gasteiger partial charge in [-0.2, -0.15) is 0 Å². The lowest BCUT2D eigenvalue weighted by Crippen LogP contribution is -1.94. The van der Waals surface area contributed by atoms with Crippen LogP contribution in [0.5, 0.6) is 0 Å². The summed E-state index contributed by atoms with van der Waals surface area (Å²) in [5.41, 5.74) is 0.993. The van der Waals surface area contributed by atoms with E-state index in [0.717, 1.165) is 5.56 Å². The van der Waals surface area contributed by atoms with Crippen molar-refractivity contribution >= 4 is 21.7 Å². The second kappa shape index (κ2) is 3.66. The van der Waals surface area contributed by atoms with Gasteiger partial charge in [-0.1, -0.05) is 30.3 Å². The summed E-state index contributed by atoms with van der Waals surface area (Å²) in [5, 5.41) is 0. The van der Waals surface area contributed by atoms with Gasteiger partial charge in [0.2, 0.25) is 4.67 Å². The molecule has 0 aliphatic carbocycles. The minimum Gasteiger partial charge on any atom is -0.464 e. The number of halogens is 1. The van der Waals surface area contributed by atoms with E-state index in [-0.39, 0.29) is 0 Å². The molecule has 66 valence electrons. The average Bonchev–Trinajstić information content (AvgIpc) is 2.19. The van der Waals surface area contributed by atoms with Crippen LogP contribution < -0.4 is 0 Å². The zero-order chi connectivity index (χ0) is 9.10. The minimum atomic E-state index is 0.578. The Kier molecular flexibility index (Phi) is 2.36. The third-order valence-electron chi connectivity index (χ3n) is 1.60. The predicted molar refractivity (Wildman–Crippen MR) is 53.6 cm³/mol. The third kappa shape index (κ3) is 1.92. The van der Waals surface area contributed by atoms with Crippen LogP contribution in [0, 0.1) is 0 Å². The van der Waals surface area contributed by atoms with Crippen LogP contribution in [0.1, 0.15) is 5.56 Å². The first-order valence-electron chi connectivity index (χ1n) is 3.81. The van der Waals surface area contributed by atoms with Crippen LogP contribution in [-0.2, 0) is 9.47 Å². The molecule has 0 unspecified atom stereocenters. The van der Waals surface area contributed by atoms with Crippen molar-refractivity contribution in [3.05, 3.63) is 53.1 Å². The first-order valence-corrected chi connectivity index (χ1v) is 4.60. The Morgan fingerprint density at radius 1 is 1.00 bits per heavy atom. The number of hydrogen-bond donors (Lipinski definition) is 0. The molecule has 0 N–H and O–H groups in total. The van der Waals surface area contributed by atoms with Crippen molar-refractivity contribution < 1.29 is 9.47 Å². The molecule has 0 amide bonds. The van der Waals surface area contributed by atoms with Crippen molar-refractivity contribution in [2.75, 3.05) is 0 Å². The van der Waals surface area contributed by atoms with Gasteiger partial charge in [-0.05, 0) is 15.9 Å². The molecule has 0 aromatic heterocycles. The fourth-order valence-electron chi connectivity index (χ4n) is 1.03. The Morgan fingerprint density at radius 3 is 2.46 bits per heavy atom. The van der Waals surface area contributed by atoms with Crippen LogP contribution in [-0.4, -0.2) is 0 Å². The summed E-state index contributed by atoms with van der Waals surface area (Å²) >= 11 is 3.20. The van der Waals surface area contributed by atoms with E-state index in [9.17, 15) is 0 Å². The van der Waals surface area contributed by atoms with Gasteiger partial charge in [-0.25, -0.2) is 0 Å². The van der Waals surface area contributed by atoms with E-state index in [1.165, 1.54) is 6.26 Å². The van der Waals surface area contributed by atoms with Crippen LogP contribution in [0.4, 0.5) is 0 Å². The second-order valence-electron chi connectivity index (χ2n) is 2.51. The lowest BCUT2D eigenvalue weighted by atomic mass is 10.2. The SMILES string of the molecule is BrC1=COC=C(c2ccccc2)O1. The van der Waals surface area contributed by atoms with Gasteiger partial charge in [0.1, 0.15) is 12.5 Å². The zero-order valence-electron chi connectivity index (χ0n) is 6.74. The van der Waals surface area contributed by atoms with Crippen molar-refractivity contribution in [2.45, 2.75) is 0 Å². The molecule has 0 fully saturated rings. The lowest BCUT2D eigenvalue weighted by molar-refractivity contribution is 0.305. The molecule has 0 radical (unpaired) electrons. The quantitative estimate of drug-likeness (QED) is 0.748. The van der Waals surface area contributed by atoms with E-state index in [1.54, 1.807) is 6.26 Å². The molecule has 3 heteroatoms. The molecule has 1 aromatic carbocycles. The van der Waals surface area contributed by atoms with E-state index in [1.807, 2.05) is 30.3 Å². The van der Waals surface area contributed by atoms with Crippen molar-refractivity contribution in [1.82, 2.24) is 0 Å². The Morgan fingerprint density at radius 2 is 1.77 bits per heavy atom. The van der Waals surface area contributed by atoms with E-state index in [2.05, 4.69) is 15.9 Å². The van der Waals surface area contributed by atoms with Gasteiger partial charge in [-0.3, -0.25) is 0 Å². The molecule has 0 saturated carbocycles.